The van der Waals surface area contributed by atoms with Gasteiger partial charge in [0.05, 0.1) is 11.7 Å². The van der Waals surface area contributed by atoms with Crippen molar-refractivity contribution in [3.05, 3.63) is 66.1 Å². The zero-order valence-electron chi connectivity index (χ0n) is 19.6. The first-order chi connectivity index (χ1) is 17.6. The lowest BCUT2D eigenvalue weighted by Gasteiger charge is -2.35. The van der Waals surface area contributed by atoms with Crippen molar-refractivity contribution in [2.75, 3.05) is 29.9 Å². The van der Waals surface area contributed by atoms with E-state index in [1.165, 1.54) is 49.4 Å². The standard InChI is InChI=1S/C27H25F2N7/c28-19-2-1-3-20(29)24(19)34-22-12-17(6-9-31-22)25-33-21-14-30-13-18(16-4-5-16)23(21)26(35-25)36-11-10-32-27(15-36)7-8-27/h1-3,6,9,12-14,16,32H,4-5,7-8,10-11,15H2,(H,31,34). The summed E-state index contributed by atoms with van der Waals surface area (Å²) >= 11 is 0. The molecular formula is C27H25F2N7. The zero-order valence-corrected chi connectivity index (χ0v) is 19.6. The summed E-state index contributed by atoms with van der Waals surface area (Å²) in [7, 11) is 0. The second-order valence-electron chi connectivity index (χ2n) is 10.0. The van der Waals surface area contributed by atoms with Gasteiger partial charge in [0.25, 0.3) is 0 Å². The van der Waals surface area contributed by atoms with E-state index in [0.717, 1.165) is 36.4 Å². The van der Waals surface area contributed by atoms with Gasteiger partial charge in [-0.2, -0.15) is 0 Å². The van der Waals surface area contributed by atoms with Gasteiger partial charge in [0.2, 0.25) is 0 Å². The normalized spacial score (nSPS) is 18.6. The first kappa shape index (κ1) is 21.6. The molecule has 7 rings (SSSR count). The van der Waals surface area contributed by atoms with Gasteiger partial charge < -0.3 is 15.5 Å². The number of anilines is 3. The van der Waals surface area contributed by atoms with Crippen molar-refractivity contribution >= 4 is 28.2 Å². The molecule has 1 spiro atoms. The highest BCUT2D eigenvalue weighted by Gasteiger charge is 2.46. The van der Waals surface area contributed by atoms with Crippen LogP contribution in [-0.2, 0) is 0 Å². The minimum absolute atomic E-state index is 0.194. The quantitative estimate of drug-likeness (QED) is 0.415. The van der Waals surface area contributed by atoms with Crippen LogP contribution in [0.3, 0.4) is 0 Å². The summed E-state index contributed by atoms with van der Waals surface area (Å²) < 4.78 is 28.4. The number of benzene rings is 1. The van der Waals surface area contributed by atoms with Crippen molar-refractivity contribution < 1.29 is 8.78 Å². The number of para-hydroxylation sites is 1. The third-order valence-electron chi connectivity index (χ3n) is 7.40. The Morgan fingerprint density at radius 2 is 1.89 bits per heavy atom. The van der Waals surface area contributed by atoms with Gasteiger partial charge in [0.1, 0.15) is 29.0 Å². The maximum absolute atomic E-state index is 14.2. The minimum atomic E-state index is -0.683. The van der Waals surface area contributed by atoms with Gasteiger partial charge in [-0.15, -0.1) is 0 Å². The van der Waals surface area contributed by atoms with Crippen molar-refractivity contribution in [2.24, 2.45) is 0 Å². The lowest BCUT2D eigenvalue weighted by atomic mass is 10.1. The van der Waals surface area contributed by atoms with Gasteiger partial charge in [-0.1, -0.05) is 6.07 Å². The molecular weight excluding hydrogens is 460 g/mol. The number of aromatic nitrogens is 4. The molecule has 2 aliphatic carbocycles. The van der Waals surface area contributed by atoms with Crippen LogP contribution in [0.1, 0.15) is 37.2 Å². The summed E-state index contributed by atoms with van der Waals surface area (Å²) in [5.41, 5.74) is 2.70. The highest BCUT2D eigenvalue weighted by molar-refractivity contribution is 5.94. The molecule has 0 atom stereocenters. The van der Waals surface area contributed by atoms with E-state index in [-0.39, 0.29) is 11.2 Å². The van der Waals surface area contributed by atoms with Gasteiger partial charge in [-0.3, -0.25) is 4.98 Å². The van der Waals surface area contributed by atoms with Crippen molar-refractivity contribution in [3.8, 4) is 11.4 Å². The summed E-state index contributed by atoms with van der Waals surface area (Å²) in [4.78, 5) is 21.1. The molecule has 9 heteroatoms. The highest BCUT2D eigenvalue weighted by Crippen LogP contribution is 2.46. The summed E-state index contributed by atoms with van der Waals surface area (Å²) in [6.45, 7) is 2.71. The fourth-order valence-electron chi connectivity index (χ4n) is 5.16. The molecule has 1 aromatic carbocycles. The molecule has 0 bridgehead atoms. The number of piperazine rings is 1. The topological polar surface area (TPSA) is 78.9 Å². The van der Waals surface area contributed by atoms with Gasteiger partial charge in [0.15, 0.2) is 5.82 Å². The number of pyridine rings is 2. The SMILES string of the molecule is Fc1cccc(F)c1Nc1cc(-c2nc(N3CCNC4(CC4)C3)c3c(C4CC4)cncc3n2)ccn1. The van der Waals surface area contributed by atoms with Crippen LogP contribution in [0.5, 0.6) is 0 Å². The largest absolute Gasteiger partial charge is 0.353 e. The molecule has 0 unspecified atom stereocenters. The number of hydrogen-bond acceptors (Lipinski definition) is 7. The minimum Gasteiger partial charge on any atom is -0.353 e. The molecule has 0 radical (unpaired) electrons. The molecule has 4 aromatic rings. The van der Waals surface area contributed by atoms with E-state index in [1.807, 2.05) is 12.3 Å². The number of hydrogen-bond donors (Lipinski definition) is 2. The lowest BCUT2D eigenvalue weighted by Crippen LogP contribution is -2.52. The Balaban J connectivity index is 1.33. The number of fused-ring (bicyclic) bond motifs is 1. The first-order valence-corrected chi connectivity index (χ1v) is 12.4. The molecule has 7 nitrogen and oxygen atoms in total. The third-order valence-corrected chi connectivity index (χ3v) is 7.40. The van der Waals surface area contributed by atoms with E-state index in [9.17, 15) is 8.78 Å². The summed E-state index contributed by atoms with van der Waals surface area (Å²) in [6, 6.07) is 7.27. The van der Waals surface area contributed by atoms with E-state index in [2.05, 4.69) is 25.5 Å². The predicted molar refractivity (Wildman–Crippen MR) is 134 cm³/mol. The Kier molecular flexibility index (Phi) is 4.89. The molecule has 3 fully saturated rings. The molecule has 2 N–H and O–H groups in total. The van der Waals surface area contributed by atoms with E-state index in [0.29, 0.717) is 23.1 Å². The lowest BCUT2D eigenvalue weighted by molar-refractivity contribution is 0.441. The van der Waals surface area contributed by atoms with Crippen molar-refractivity contribution in [1.29, 1.82) is 0 Å². The van der Waals surface area contributed by atoms with Gasteiger partial charge >= 0.3 is 0 Å². The van der Waals surface area contributed by atoms with Gasteiger partial charge in [0, 0.05) is 48.5 Å². The molecule has 1 aliphatic heterocycles. The first-order valence-electron chi connectivity index (χ1n) is 12.4. The fourth-order valence-corrected chi connectivity index (χ4v) is 5.16. The second kappa shape index (κ2) is 8.16. The molecule has 2 saturated carbocycles. The summed E-state index contributed by atoms with van der Waals surface area (Å²) in [5, 5.41) is 7.54. The Hall–Kier alpha value is -3.72. The number of nitrogens with zero attached hydrogens (tertiary/aromatic N) is 5. The third kappa shape index (κ3) is 3.83. The summed E-state index contributed by atoms with van der Waals surface area (Å²) in [6.07, 6.45) is 10.1. The Labute approximate surface area is 207 Å². The number of halogens is 2. The predicted octanol–water partition coefficient (Wildman–Crippen LogP) is 4.93. The van der Waals surface area contributed by atoms with Crippen LogP contribution in [0.25, 0.3) is 22.3 Å². The fraction of sp³-hybridized carbons (Fsp3) is 0.333. The maximum Gasteiger partial charge on any atom is 0.162 e. The average molecular weight is 486 g/mol. The zero-order chi connectivity index (χ0) is 24.3. The maximum atomic E-state index is 14.2. The van der Waals surface area contributed by atoms with E-state index in [4.69, 9.17) is 9.97 Å². The molecule has 1 saturated heterocycles. The molecule has 3 aliphatic rings. The van der Waals surface area contributed by atoms with Crippen molar-refractivity contribution in [2.45, 2.75) is 37.1 Å². The second-order valence-corrected chi connectivity index (χ2v) is 10.0. The van der Waals surface area contributed by atoms with E-state index < -0.39 is 11.6 Å². The van der Waals surface area contributed by atoms with Gasteiger partial charge in [-0.25, -0.2) is 23.7 Å². The molecule has 4 heterocycles. The van der Waals surface area contributed by atoms with Crippen LogP contribution in [0.2, 0.25) is 0 Å². The number of nitrogens with one attached hydrogen (secondary N) is 2. The average Bonchev–Trinajstić information content (AvgIpc) is 3.83. The van der Waals surface area contributed by atoms with Crippen LogP contribution in [-0.4, -0.2) is 45.1 Å². The van der Waals surface area contributed by atoms with Crippen LogP contribution >= 0.6 is 0 Å². The Morgan fingerprint density at radius 3 is 2.67 bits per heavy atom. The smallest absolute Gasteiger partial charge is 0.162 e. The molecule has 36 heavy (non-hydrogen) atoms. The van der Waals surface area contributed by atoms with Crippen molar-refractivity contribution in [3.63, 3.8) is 0 Å². The number of rotatable bonds is 5. The molecule has 0 amide bonds. The van der Waals surface area contributed by atoms with E-state index in [1.54, 1.807) is 18.5 Å². The van der Waals surface area contributed by atoms with Crippen LogP contribution in [0, 0.1) is 11.6 Å². The van der Waals surface area contributed by atoms with Crippen LogP contribution in [0.15, 0.2) is 48.9 Å². The van der Waals surface area contributed by atoms with E-state index >= 15 is 0 Å². The Morgan fingerprint density at radius 1 is 1.06 bits per heavy atom. The highest BCUT2D eigenvalue weighted by atomic mass is 19.1. The van der Waals surface area contributed by atoms with Crippen LogP contribution < -0.4 is 15.5 Å². The van der Waals surface area contributed by atoms with Gasteiger partial charge in [-0.05, 0) is 61.4 Å². The van der Waals surface area contributed by atoms with Crippen LogP contribution in [0.4, 0.5) is 26.1 Å². The van der Waals surface area contributed by atoms with Crippen molar-refractivity contribution in [1.82, 2.24) is 25.3 Å². The molecule has 182 valence electrons. The summed E-state index contributed by atoms with van der Waals surface area (Å²) in [5.74, 6) is 0.939. The molecule has 3 aromatic heterocycles. The Bertz CT molecular complexity index is 1460. The monoisotopic (exact) mass is 485 g/mol.